The molecule has 0 N–H and O–H groups in total. The molecule has 0 bridgehead atoms. The lowest BCUT2D eigenvalue weighted by atomic mass is 10.3. The van der Waals surface area contributed by atoms with Crippen LogP contribution in [0.3, 0.4) is 0 Å². The van der Waals surface area contributed by atoms with E-state index in [1.165, 1.54) is 15.6 Å². The van der Waals surface area contributed by atoms with E-state index in [0.29, 0.717) is 42.6 Å². The van der Waals surface area contributed by atoms with Gasteiger partial charge in [0.25, 0.3) is 10.0 Å². The first-order valence-corrected chi connectivity index (χ1v) is 11.1. The highest BCUT2D eigenvalue weighted by molar-refractivity contribution is 9.11. The van der Waals surface area contributed by atoms with Crippen LogP contribution in [0.4, 0.5) is 0 Å². The zero-order chi connectivity index (χ0) is 18.3. The van der Waals surface area contributed by atoms with Crippen LogP contribution in [0.2, 0.25) is 0 Å². The van der Waals surface area contributed by atoms with Gasteiger partial charge in [-0.05, 0) is 40.2 Å². The van der Waals surface area contributed by atoms with Gasteiger partial charge in [0.15, 0.2) is 5.58 Å². The molecule has 4 rings (SSSR count). The summed E-state index contributed by atoms with van der Waals surface area (Å²) < 4.78 is 34.8. The number of thiophene rings is 1. The fourth-order valence-corrected chi connectivity index (χ4v) is 6.61. The fourth-order valence-electron chi connectivity index (χ4n) is 3.02. The third-order valence-corrected chi connectivity index (χ3v) is 8.38. The number of para-hydroxylation sites is 2. The maximum absolute atomic E-state index is 12.7. The summed E-state index contributed by atoms with van der Waals surface area (Å²) in [7, 11) is -3.46. The third-order valence-electron chi connectivity index (χ3n) is 4.39. The van der Waals surface area contributed by atoms with Crippen LogP contribution in [0.15, 0.2) is 53.6 Å². The molecule has 0 radical (unpaired) electrons. The molecule has 0 amide bonds. The van der Waals surface area contributed by atoms with E-state index in [1.54, 1.807) is 22.8 Å². The van der Waals surface area contributed by atoms with Crippen LogP contribution >= 0.6 is 27.3 Å². The summed E-state index contributed by atoms with van der Waals surface area (Å²) in [4.78, 5) is 14.1. The van der Waals surface area contributed by atoms with Gasteiger partial charge in [-0.25, -0.2) is 13.2 Å². The van der Waals surface area contributed by atoms with Crippen molar-refractivity contribution in [1.82, 2.24) is 13.8 Å². The second-order valence-electron chi connectivity index (χ2n) is 5.99. The Balaban J connectivity index is 1.47. The highest BCUT2D eigenvalue weighted by atomic mass is 79.9. The van der Waals surface area contributed by atoms with E-state index in [-0.39, 0.29) is 0 Å². The van der Waals surface area contributed by atoms with Crippen LogP contribution in [0, 0.1) is 0 Å². The molecule has 3 aromatic rings. The molecule has 0 aliphatic carbocycles. The number of sulfonamides is 1. The van der Waals surface area contributed by atoms with Crippen LogP contribution in [-0.2, 0) is 16.7 Å². The topological polar surface area (TPSA) is 75.8 Å². The molecular formula is C16H16BrN3O4S2. The van der Waals surface area contributed by atoms with E-state index in [9.17, 15) is 13.2 Å². The van der Waals surface area contributed by atoms with Crippen LogP contribution in [0.5, 0.6) is 0 Å². The summed E-state index contributed by atoms with van der Waals surface area (Å²) in [5.41, 5.74) is 1.30. The monoisotopic (exact) mass is 457 g/mol. The fraction of sp³-hybridized carbons (Fsp3) is 0.312. The Labute approximate surface area is 162 Å². The summed E-state index contributed by atoms with van der Waals surface area (Å²) in [6, 6.07) is 10.6. The average molecular weight is 458 g/mol. The minimum atomic E-state index is -3.46. The molecule has 1 saturated heterocycles. The van der Waals surface area contributed by atoms with Crippen molar-refractivity contribution < 1.29 is 12.8 Å². The minimum absolute atomic E-state index is 0.342. The predicted octanol–water partition coefficient (Wildman–Crippen LogP) is 2.38. The maximum atomic E-state index is 12.7. The molecule has 2 aromatic heterocycles. The molecule has 3 heterocycles. The van der Waals surface area contributed by atoms with E-state index >= 15 is 0 Å². The average Bonchev–Trinajstić information content (AvgIpc) is 3.20. The second kappa shape index (κ2) is 6.93. The summed E-state index contributed by atoms with van der Waals surface area (Å²) in [5.74, 6) is -0.398. The van der Waals surface area contributed by atoms with Gasteiger partial charge in [-0.15, -0.1) is 11.3 Å². The zero-order valence-corrected chi connectivity index (χ0v) is 16.9. The SMILES string of the molecule is O=c1oc2ccccc2n1CN1CCN(S(=O)(=O)c2ccc(Br)s2)CC1. The van der Waals surface area contributed by atoms with E-state index in [4.69, 9.17) is 4.42 Å². The van der Waals surface area contributed by atoms with Crippen molar-refractivity contribution in [2.75, 3.05) is 26.2 Å². The van der Waals surface area contributed by atoms with Crippen molar-refractivity contribution >= 4 is 48.4 Å². The zero-order valence-electron chi connectivity index (χ0n) is 13.7. The molecule has 26 heavy (non-hydrogen) atoms. The van der Waals surface area contributed by atoms with Gasteiger partial charge in [0, 0.05) is 26.2 Å². The minimum Gasteiger partial charge on any atom is -0.408 e. The van der Waals surface area contributed by atoms with Crippen molar-refractivity contribution in [2.45, 2.75) is 10.9 Å². The van der Waals surface area contributed by atoms with Crippen molar-refractivity contribution in [3.8, 4) is 0 Å². The summed E-state index contributed by atoms with van der Waals surface area (Å²) in [6.45, 7) is 2.27. The van der Waals surface area contributed by atoms with Gasteiger partial charge in [-0.1, -0.05) is 12.1 Å². The standard InChI is InChI=1S/C16H16BrN3O4S2/c17-14-5-6-15(25-14)26(22,23)19-9-7-18(8-10-19)11-20-12-3-1-2-4-13(12)24-16(20)21/h1-6H,7-11H2. The van der Waals surface area contributed by atoms with E-state index in [1.807, 2.05) is 18.2 Å². The van der Waals surface area contributed by atoms with Gasteiger partial charge in [0.1, 0.15) is 4.21 Å². The number of halogens is 1. The van der Waals surface area contributed by atoms with Gasteiger partial charge in [-0.2, -0.15) is 4.31 Å². The number of benzene rings is 1. The third kappa shape index (κ3) is 3.27. The van der Waals surface area contributed by atoms with Gasteiger partial charge in [-0.3, -0.25) is 9.47 Å². The van der Waals surface area contributed by atoms with Crippen LogP contribution in [0.1, 0.15) is 0 Å². The van der Waals surface area contributed by atoms with E-state index < -0.39 is 15.8 Å². The van der Waals surface area contributed by atoms with E-state index in [2.05, 4.69) is 20.8 Å². The Morgan fingerprint density at radius 2 is 1.81 bits per heavy atom. The van der Waals surface area contributed by atoms with Gasteiger partial charge < -0.3 is 4.42 Å². The normalized spacial score (nSPS) is 17.1. The van der Waals surface area contributed by atoms with Gasteiger partial charge in [0.2, 0.25) is 0 Å². The lowest BCUT2D eigenvalue weighted by Gasteiger charge is -2.33. The first-order chi connectivity index (χ1) is 12.4. The Morgan fingerprint density at radius 1 is 1.08 bits per heavy atom. The van der Waals surface area contributed by atoms with Crippen LogP contribution in [-0.4, -0.2) is 48.4 Å². The Morgan fingerprint density at radius 3 is 2.50 bits per heavy atom. The van der Waals surface area contributed by atoms with Crippen molar-refractivity contribution in [3.05, 3.63) is 50.7 Å². The van der Waals surface area contributed by atoms with Crippen molar-refractivity contribution in [2.24, 2.45) is 0 Å². The van der Waals surface area contributed by atoms with E-state index in [0.717, 1.165) is 9.30 Å². The van der Waals surface area contributed by atoms with Gasteiger partial charge in [0.05, 0.1) is 16.0 Å². The molecule has 7 nitrogen and oxygen atoms in total. The first-order valence-electron chi connectivity index (χ1n) is 8.01. The number of nitrogens with zero attached hydrogens (tertiary/aromatic N) is 3. The maximum Gasteiger partial charge on any atom is 0.421 e. The molecule has 0 spiro atoms. The number of rotatable bonds is 4. The molecule has 138 valence electrons. The molecule has 1 fully saturated rings. The number of fused-ring (bicyclic) bond motifs is 1. The number of hydrogen-bond donors (Lipinski definition) is 0. The number of piperazine rings is 1. The van der Waals surface area contributed by atoms with Crippen LogP contribution in [0.25, 0.3) is 11.1 Å². The van der Waals surface area contributed by atoms with Gasteiger partial charge >= 0.3 is 5.76 Å². The molecule has 1 aromatic carbocycles. The molecular weight excluding hydrogens is 442 g/mol. The molecule has 0 unspecified atom stereocenters. The van der Waals surface area contributed by atoms with Crippen molar-refractivity contribution in [3.63, 3.8) is 0 Å². The molecule has 1 aliphatic heterocycles. The summed E-state index contributed by atoms with van der Waals surface area (Å²) in [5, 5.41) is 0. The predicted molar refractivity (Wildman–Crippen MR) is 103 cm³/mol. The second-order valence-corrected chi connectivity index (χ2v) is 10.6. The highest BCUT2D eigenvalue weighted by Crippen LogP contribution is 2.29. The molecule has 1 aliphatic rings. The Hall–Kier alpha value is -1.46. The number of aromatic nitrogens is 1. The first kappa shape index (κ1) is 17.9. The molecule has 10 heteroatoms. The number of oxazole rings is 1. The smallest absolute Gasteiger partial charge is 0.408 e. The Bertz CT molecular complexity index is 1090. The highest BCUT2D eigenvalue weighted by Gasteiger charge is 2.30. The Kier molecular flexibility index (Phi) is 4.78. The lowest BCUT2D eigenvalue weighted by Crippen LogP contribution is -2.49. The lowest BCUT2D eigenvalue weighted by molar-refractivity contribution is 0.150. The number of hydrogen-bond acceptors (Lipinski definition) is 6. The van der Waals surface area contributed by atoms with Crippen LogP contribution < -0.4 is 5.76 Å². The molecule has 0 saturated carbocycles. The largest absolute Gasteiger partial charge is 0.421 e. The summed E-state index contributed by atoms with van der Waals surface area (Å²) in [6.07, 6.45) is 0. The quantitative estimate of drug-likeness (QED) is 0.600. The molecule has 0 atom stereocenters. The van der Waals surface area contributed by atoms with Crippen molar-refractivity contribution in [1.29, 1.82) is 0 Å². The summed E-state index contributed by atoms with van der Waals surface area (Å²) >= 11 is 4.52.